The molecule has 98 valence electrons. The van der Waals surface area contributed by atoms with Gasteiger partial charge in [-0.05, 0) is 14.0 Å². The van der Waals surface area contributed by atoms with Crippen LogP contribution in [-0.4, -0.2) is 62.8 Å². The highest BCUT2D eigenvalue weighted by Gasteiger charge is 2.27. The van der Waals surface area contributed by atoms with Gasteiger partial charge in [0.05, 0.1) is 18.8 Å². The molecule has 1 fully saturated rings. The number of morpholine rings is 1. The third-order valence-electron chi connectivity index (χ3n) is 2.95. The molecule has 2 atom stereocenters. The fourth-order valence-corrected chi connectivity index (χ4v) is 1.93. The van der Waals surface area contributed by atoms with E-state index in [0.29, 0.717) is 13.2 Å². The van der Waals surface area contributed by atoms with E-state index < -0.39 is 0 Å². The maximum Gasteiger partial charge on any atom is 0.237 e. The number of carbonyl (C=O) groups excluding carboxylic acids is 1. The van der Waals surface area contributed by atoms with Gasteiger partial charge >= 0.3 is 0 Å². The van der Waals surface area contributed by atoms with Crippen molar-refractivity contribution in [1.82, 2.24) is 15.5 Å². The molecule has 1 aliphatic rings. The number of nitrogens with zero attached hydrogens (tertiary/aromatic N) is 1. The van der Waals surface area contributed by atoms with Crippen LogP contribution < -0.4 is 10.6 Å². The molecule has 0 aromatic carbocycles. The zero-order valence-corrected chi connectivity index (χ0v) is 10.7. The molecule has 0 aliphatic carbocycles. The van der Waals surface area contributed by atoms with Crippen LogP contribution in [0.5, 0.6) is 0 Å². The molecule has 1 aliphatic heterocycles. The number of carbonyl (C=O) groups is 1. The Morgan fingerprint density at radius 3 is 3.12 bits per heavy atom. The zero-order chi connectivity index (χ0) is 12.7. The monoisotopic (exact) mass is 241 g/mol. The van der Waals surface area contributed by atoms with Crippen LogP contribution in [0.1, 0.15) is 6.92 Å². The molecule has 5 heteroatoms. The first-order valence-corrected chi connectivity index (χ1v) is 6.08. The van der Waals surface area contributed by atoms with Crippen molar-refractivity contribution in [2.45, 2.75) is 19.1 Å². The quantitative estimate of drug-likeness (QED) is 0.621. The minimum Gasteiger partial charge on any atom is -0.374 e. The van der Waals surface area contributed by atoms with Gasteiger partial charge in [0.2, 0.25) is 5.91 Å². The zero-order valence-electron chi connectivity index (χ0n) is 10.7. The van der Waals surface area contributed by atoms with Crippen LogP contribution in [0.2, 0.25) is 0 Å². The highest BCUT2D eigenvalue weighted by molar-refractivity contribution is 5.81. The van der Waals surface area contributed by atoms with Crippen molar-refractivity contribution in [3.8, 4) is 0 Å². The molecule has 0 spiro atoms. The number of ether oxygens (including phenoxy) is 1. The Balaban J connectivity index is 2.42. The Labute approximate surface area is 103 Å². The van der Waals surface area contributed by atoms with Crippen molar-refractivity contribution in [3.05, 3.63) is 12.7 Å². The second-order valence-corrected chi connectivity index (χ2v) is 4.26. The van der Waals surface area contributed by atoms with Crippen LogP contribution >= 0.6 is 0 Å². The average Bonchev–Trinajstić information content (AvgIpc) is 2.35. The predicted octanol–water partition coefficient (Wildman–Crippen LogP) is -0.403. The van der Waals surface area contributed by atoms with Gasteiger partial charge in [-0.3, -0.25) is 9.69 Å². The number of nitrogens with one attached hydrogen (secondary N) is 2. The number of amides is 1. The number of rotatable bonds is 6. The minimum atomic E-state index is -0.113. The third-order valence-corrected chi connectivity index (χ3v) is 2.95. The van der Waals surface area contributed by atoms with E-state index in [2.05, 4.69) is 22.1 Å². The molecule has 0 radical (unpaired) electrons. The van der Waals surface area contributed by atoms with Crippen molar-refractivity contribution >= 4 is 5.91 Å². The van der Waals surface area contributed by atoms with Gasteiger partial charge in [0.15, 0.2) is 0 Å². The van der Waals surface area contributed by atoms with Crippen molar-refractivity contribution in [2.75, 3.05) is 39.8 Å². The van der Waals surface area contributed by atoms with Crippen LogP contribution in [0, 0.1) is 0 Å². The van der Waals surface area contributed by atoms with E-state index in [1.54, 1.807) is 6.08 Å². The standard InChI is InChI=1S/C12H23N3O2/c1-4-5-14-12(16)10(2)15-6-7-17-11(9-15)8-13-3/h4,10-11,13H,1,5-9H2,2-3H3,(H,14,16). The lowest BCUT2D eigenvalue weighted by Crippen LogP contribution is -2.53. The summed E-state index contributed by atoms with van der Waals surface area (Å²) in [6.45, 7) is 9.14. The summed E-state index contributed by atoms with van der Waals surface area (Å²) in [6, 6.07) is -0.113. The molecular weight excluding hydrogens is 218 g/mol. The summed E-state index contributed by atoms with van der Waals surface area (Å²) in [5.41, 5.74) is 0. The summed E-state index contributed by atoms with van der Waals surface area (Å²) in [7, 11) is 1.91. The molecule has 1 rings (SSSR count). The lowest BCUT2D eigenvalue weighted by atomic mass is 10.2. The third kappa shape index (κ3) is 4.46. The first-order valence-electron chi connectivity index (χ1n) is 6.08. The second-order valence-electron chi connectivity index (χ2n) is 4.26. The fraction of sp³-hybridized carbons (Fsp3) is 0.750. The van der Waals surface area contributed by atoms with Gasteiger partial charge in [0, 0.05) is 26.2 Å². The van der Waals surface area contributed by atoms with Crippen LogP contribution in [-0.2, 0) is 9.53 Å². The molecule has 2 N–H and O–H groups in total. The number of hydrogen-bond acceptors (Lipinski definition) is 4. The molecule has 5 nitrogen and oxygen atoms in total. The lowest BCUT2D eigenvalue weighted by molar-refractivity contribution is -0.128. The van der Waals surface area contributed by atoms with E-state index in [4.69, 9.17) is 4.74 Å². The molecule has 17 heavy (non-hydrogen) atoms. The van der Waals surface area contributed by atoms with Crippen LogP contribution in [0.15, 0.2) is 12.7 Å². The highest BCUT2D eigenvalue weighted by atomic mass is 16.5. The fourth-order valence-electron chi connectivity index (χ4n) is 1.93. The van der Waals surface area contributed by atoms with Gasteiger partial charge in [-0.1, -0.05) is 6.08 Å². The summed E-state index contributed by atoms with van der Waals surface area (Å²) in [5.74, 6) is 0.0509. The highest BCUT2D eigenvalue weighted by Crippen LogP contribution is 2.08. The smallest absolute Gasteiger partial charge is 0.237 e. The van der Waals surface area contributed by atoms with Gasteiger partial charge in [-0.2, -0.15) is 0 Å². The van der Waals surface area contributed by atoms with Gasteiger partial charge in [-0.15, -0.1) is 6.58 Å². The van der Waals surface area contributed by atoms with Crippen molar-refractivity contribution in [3.63, 3.8) is 0 Å². The molecule has 1 amide bonds. The van der Waals surface area contributed by atoms with E-state index in [0.717, 1.165) is 19.6 Å². The molecule has 0 aromatic rings. The number of hydrogen-bond donors (Lipinski definition) is 2. The van der Waals surface area contributed by atoms with Crippen molar-refractivity contribution < 1.29 is 9.53 Å². The van der Waals surface area contributed by atoms with E-state index >= 15 is 0 Å². The molecule has 1 saturated heterocycles. The lowest BCUT2D eigenvalue weighted by Gasteiger charge is -2.36. The van der Waals surface area contributed by atoms with Crippen molar-refractivity contribution in [2.24, 2.45) is 0 Å². The van der Waals surface area contributed by atoms with Gasteiger partial charge in [0.1, 0.15) is 0 Å². The van der Waals surface area contributed by atoms with Gasteiger partial charge in [-0.25, -0.2) is 0 Å². The first kappa shape index (κ1) is 14.2. The van der Waals surface area contributed by atoms with E-state index in [-0.39, 0.29) is 18.1 Å². The van der Waals surface area contributed by atoms with Crippen LogP contribution in [0.3, 0.4) is 0 Å². The van der Waals surface area contributed by atoms with Gasteiger partial charge in [0.25, 0.3) is 0 Å². The summed E-state index contributed by atoms with van der Waals surface area (Å²) < 4.78 is 5.61. The molecule has 0 bridgehead atoms. The Morgan fingerprint density at radius 1 is 1.71 bits per heavy atom. The van der Waals surface area contributed by atoms with Crippen molar-refractivity contribution in [1.29, 1.82) is 0 Å². The Bertz CT molecular complexity index is 256. The maximum absolute atomic E-state index is 11.8. The van der Waals surface area contributed by atoms with Crippen LogP contribution in [0.4, 0.5) is 0 Å². The normalized spacial score (nSPS) is 23.1. The topological polar surface area (TPSA) is 53.6 Å². The molecule has 0 saturated carbocycles. The summed E-state index contributed by atoms with van der Waals surface area (Å²) in [5, 5.41) is 5.92. The van der Waals surface area contributed by atoms with Crippen LogP contribution in [0.25, 0.3) is 0 Å². The average molecular weight is 241 g/mol. The van der Waals surface area contributed by atoms with E-state index in [9.17, 15) is 4.79 Å². The second kappa shape index (κ2) is 7.42. The predicted molar refractivity (Wildman–Crippen MR) is 67.9 cm³/mol. The van der Waals surface area contributed by atoms with E-state index in [1.807, 2.05) is 14.0 Å². The largest absolute Gasteiger partial charge is 0.374 e. The molecule has 0 aromatic heterocycles. The van der Waals surface area contributed by atoms with Gasteiger partial charge < -0.3 is 15.4 Å². The summed E-state index contributed by atoms with van der Waals surface area (Å²) in [4.78, 5) is 14.0. The van der Waals surface area contributed by atoms with E-state index in [1.165, 1.54) is 0 Å². The molecule has 1 heterocycles. The number of likely N-dealkylation sites (N-methyl/N-ethyl adjacent to an activating group) is 1. The Morgan fingerprint density at radius 2 is 2.47 bits per heavy atom. The Hall–Kier alpha value is -0.910. The summed E-state index contributed by atoms with van der Waals surface area (Å²) >= 11 is 0. The SMILES string of the molecule is C=CCNC(=O)C(C)N1CCOC(CNC)C1. The molecular formula is C12H23N3O2. The summed E-state index contributed by atoms with van der Waals surface area (Å²) in [6.07, 6.45) is 1.86. The maximum atomic E-state index is 11.8. The minimum absolute atomic E-state index is 0.0509. The first-order chi connectivity index (χ1) is 8.19. The molecule has 2 unspecified atom stereocenters. The Kier molecular flexibility index (Phi) is 6.18.